The van der Waals surface area contributed by atoms with Crippen LogP contribution in [0.2, 0.25) is 5.02 Å². The van der Waals surface area contributed by atoms with Crippen LogP contribution < -0.4 is 9.76 Å². The van der Waals surface area contributed by atoms with Crippen molar-refractivity contribution in [3.05, 3.63) is 101 Å². The molecule has 0 spiro atoms. The molecule has 0 radical (unpaired) electrons. The van der Waals surface area contributed by atoms with E-state index < -0.39 is 13.2 Å². The fourth-order valence-corrected chi connectivity index (χ4v) is 2.21. The predicted octanol–water partition coefficient (Wildman–Crippen LogP) is 4.80. The summed E-state index contributed by atoms with van der Waals surface area (Å²) in [6.07, 6.45) is 10.2. The maximum absolute atomic E-state index is 12.3. The van der Waals surface area contributed by atoms with Crippen LogP contribution in [0, 0.1) is 0 Å². The molecule has 26 heavy (non-hydrogen) atoms. The van der Waals surface area contributed by atoms with E-state index in [9.17, 15) is 13.7 Å². The van der Waals surface area contributed by atoms with Crippen molar-refractivity contribution in [2.75, 3.05) is 0 Å². The smallest absolute Gasteiger partial charge is 0.872 e. The maximum Gasteiger partial charge on any atom is 2.00 e. The summed E-state index contributed by atoms with van der Waals surface area (Å²) < 4.78 is 29.0. The van der Waals surface area contributed by atoms with Crippen LogP contribution >= 0.6 is 11.6 Å². The van der Waals surface area contributed by atoms with Crippen molar-refractivity contribution in [2.45, 2.75) is 0 Å². The van der Waals surface area contributed by atoms with Crippen LogP contribution in [0.4, 0.5) is 8.63 Å². The Morgan fingerprint density at radius 1 is 1.12 bits per heavy atom. The Bertz CT molecular complexity index is 769. The van der Waals surface area contributed by atoms with Crippen molar-refractivity contribution >= 4 is 24.8 Å². The molecule has 2 nitrogen and oxygen atoms in total. The van der Waals surface area contributed by atoms with Crippen LogP contribution in [0.25, 0.3) is 5.76 Å². The average molecular weight is 414 g/mol. The average Bonchev–Trinajstić information content (AvgIpc) is 3.30. The molecule has 0 aliphatic heterocycles. The van der Waals surface area contributed by atoms with E-state index in [-0.39, 0.29) is 33.4 Å². The van der Waals surface area contributed by atoms with Gasteiger partial charge >= 0.3 is 24.5 Å². The summed E-state index contributed by atoms with van der Waals surface area (Å²) in [4.78, 5) is 0. The third kappa shape index (κ3) is 7.00. The van der Waals surface area contributed by atoms with E-state index in [4.69, 9.17) is 11.6 Å². The Morgan fingerprint density at radius 3 is 2.31 bits per heavy atom. The number of rotatable bonds is 4. The fourth-order valence-electron chi connectivity index (χ4n) is 1.99. The summed E-state index contributed by atoms with van der Waals surface area (Å²) in [7, 11) is -3.04. The molecular formula is C19H14BClF2FeO2. The number of halogens is 3. The minimum absolute atomic E-state index is 0. The van der Waals surface area contributed by atoms with E-state index in [2.05, 4.69) is 4.65 Å². The molecule has 3 rings (SSSR count). The summed E-state index contributed by atoms with van der Waals surface area (Å²) in [5.41, 5.74) is 0.845. The molecule has 0 fully saturated rings. The minimum atomic E-state index is -3.04. The summed E-state index contributed by atoms with van der Waals surface area (Å²) in [6.45, 7) is 0. The summed E-state index contributed by atoms with van der Waals surface area (Å²) in [5.74, 6) is -0.759. The Morgan fingerprint density at radius 2 is 1.77 bits per heavy atom. The van der Waals surface area contributed by atoms with Crippen LogP contribution in [-0.4, -0.2) is 7.47 Å². The summed E-state index contributed by atoms with van der Waals surface area (Å²) in [5, 5.41) is 12.0. The molecule has 134 valence electrons. The standard InChI is InChI=1S/C14H10BClF2O2.C5H5.Fe/c16-12-7-3-6-11(14(12)20-15(17)18)13(19)9-8-10-4-1-2-5-10;1-2-4-5-3-1;/h1-9,19H;1-5H;/q;-1;+2/p-1. The van der Waals surface area contributed by atoms with Gasteiger partial charge in [-0.2, -0.15) is 18.2 Å². The molecule has 1 aliphatic carbocycles. The van der Waals surface area contributed by atoms with E-state index in [1.807, 2.05) is 54.6 Å². The monoisotopic (exact) mass is 414 g/mol. The van der Waals surface area contributed by atoms with Gasteiger partial charge in [0.1, 0.15) is 5.75 Å². The second kappa shape index (κ2) is 11.5. The number of hydrogen-bond donors (Lipinski definition) is 0. The molecule has 0 aromatic heterocycles. The molecule has 0 heterocycles. The second-order valence-corrected chi connectivity index (χ2v) is 5.28. The van der Waals surface area contributed by atoms with Crippen molar-refractivity contribution in [1.29, 1.82) is 0 Å². The maximum atomic E-state index is 12.3. The number of hydrogen-bond acceptors (Lipinski definition) is 2. The first-order valence-electron chi connectivity index (χ1n) is 7.42. The Kier molecular flexibility index (Phi) is 9.67. The van der Waals surface area contributed by atoms with Crippen LogP contribution in [0.3, 0.4) is 0 Å². The van der Waals surface area contributed by atoms with Gasteiger partial charge in [-0.05, 0) is 11.6 Å². The Labute approximate surface area is 167 Å². The van der Waals surface area contributed by atoms with Crippen LogP contribution in [0.5, 0.6) is 5.75 Å². The molecule has 0 saturated heterocycles. The normalized spacial score (nSPS) is 12.1. The van der Waals surface area contributed by atoms with Gasteiger partial charge in [0.2, 0.25) is 0 Å². The van der Waals surface area contributed by atoms with E-state index in [0.29, 0.717) is 0 Å². The quantitative estimate of drug-likeness (QED) is 0.409. The molecule has 1 aliphatic rings. The molecule has 2 aromatic rings. The van der Waals surface area contributed by atoms with Gasteiger partial charge in [-0.15, -0.1) is 0 Å². The van der Waals surface area contributed by atoms with Crippen LogP contribution in [0.1, 0.15) is 5.56 Å². The van der Waals surface area contributed by atoms with Crippen molar-refractivity contribution in [3.63, 3.8) is 0 Å². The predicted molar refractivity (Wildman–Crippen MR) is 96.4 cm³/mol. The molecular weight excluding hydrogens is 400 g/mol. The molecule has 0 atom stereocenters. The van der Waals surface area contributed by atoms with Crippen LogP contribution in [-0.2, 0) is 17.1 Å². The fraction of sp³-hybridized carbons (Fsp3) is 0. The van der Waals surface area contributed by atoms with Crippen molar-refractivity contribution in [3.8, 4) is 5.75 Å². The van der Waals surface area contributed by atoms with Gasteiger partial charge in [-0.25, -0.2) is 20.8 Å². The van der Waals surface area contributed by atoms with E-state index in [0.717, 1.165) is 5.57 Å². The molecule has 0 amide bonds. The largest absolute Gasteiger partial charge is 2.00 e. The SMILES string of the molecule is [Fe+2].[O-]C(=CC=C1C=CC=C1)c1cccc(Cl)c1OB(F)F.c1cc[cH-]c1. The first kappa shape index (κ1) is 21.9. The van der Waals surface area contributed by atoms with E-state index in [1.165, 1.54) is 24.3 Å². The molecule has 2 aromatic carbocycles. The zero-order valence-corrected chi connectivity index (χ0v) is 15.3. The van der Waals surface area contributed by atoms with Gasteiger partial charge in [-0.3, -0.25) is 0 Å². The molecule has 0 unspecified atom stereocenters. The molecule has 0 N–H and O–H groups in total. The summed E-state index contributed by atoms with van der Waals surface area (Å²) >= 11 is 5.78. The van der Waals surface area contributed by atoms with E-state index in [1.54, 1.807) is 6.08 Å². The third-order valence-corrected chi connectivity index (χ3v) is 3.41. The number of para-hydroxylation sites is 1. The van der Waals surface area contributed by atoms with E-state index >= 15 is 0 Å². The second-order valence-electron chi connectivity index (χ2n) is 4.87. The van der Waals surface area contributed by atoms with Crippen molar-refractivity contribution < 1.29 is 35.5 Å². The summed E-state index contributed by atoms with van der Waals surface area (Å²) in [6, 6.07) is 14.3. The van der Waals surface area contributed by atoms with Gasteiger partial charge in [-0.1, -0.05) is 65.9 Å². The minimum Gasteiger partial charge on any atom is -0.872 e. The van der Waals surface area contributed by atoms with Gasteiger partial charge in [0.15, 0.2) is 0 Å². The van der Waals surface area contributed by atoms with Gasteiger partial charge < -0.3 is 9.76 Å². The topological polar surface area (TPSA) is 32.3 Å². The van der Waals surface area contributed by atoms with Gasteiger partial charge in [0.05, 0.1) is 5.02 Å². The van der Waals surface area contributed by atoms with Gasteiger partial charge in [0, 0.05) is 5.56 Å². The zero-order chi connectivity index (χ0) is 18.1. The number of benzene rings is 1. The first-order valence-corrected chi connectivity index (χ1v) is 7.80. The molecule has 7 heteroatoms. The Hall–Kier alpha value is -2.14. The Balaban J connectivity index is 0.000000486. The zero-order valence-electron chi connectivity index (χ0n) is 13.5. The molecule has 0 bridgehead atoms. The number of allylic oxidation sites excluding steroid dienone is 7. The van der Waals surface area contributed by atoms with Crippen molar-refractivity contribution in [2.24, 2.45) is 0 Å². The van der Waals surface area contributed by atoms with Crippen molar-refractivity contribution in [1.82, 2.24) is 0 Å². The van der Waals surface area contributed by atoms with Gasteiger partial charge in [0.25, 0.3) is 0 Å². The van der Waals surface area contributed by atoms with Crippen LogP contribution in [0.15, 0.2) is 90.6 Å². The third-order valence-electron chi connectivity index (χ3n) is 3.11. The first-order chi connectivity index (χ1) is 12.1. The molecule has 0 saturated carbocycles.